The Morgan fingerprint density at radius 1 is 1.38 bits per heavy atom. The van der Waals surface area contributed by atoms with E-state index in [1.54, 1.807) is 30.5 Å². The molecule has 0 saturated heterocycles. The molecule has 1 amide bonds. The Labute approximate surface area is 158 Å². The SMILES string of the molecule is CC[C@@H](NC(=O)c1ccc(Cl)cc1)[C@H]1[C@@H]2C[C@@H](n3cc(C#N)cn3)C[C@@H]21. The van der Waals surface area contributed by atoms with Gasteiger partial charge in [0.15, 0.2) is 0 Å². The lowest BCUT2D eigenvalue weighted by atomic mass is 9.99. The van der Waals surface area contributed by atoms with Crippen LogP contribution in [0.5, 0.6) is 0 Å². The number of nitrogens with one attached hydrogen (secondary N) is 1. The number of hydrogen-bond donors (Lipinski definition) is 1. The molecular weight excluding hydrogens is 348 g/mol. The quantitative estimate of drug-likeness (QED) is 0.872. The number of halogens is 1. The topological polar surface area (TPSA) is 70.7 Å². The number of nitrogens with zero attached hydrogens (tertiary/aromatic N) is 3. The van der Waals surface area contributed by atoms with E-state index >= 15 is 0 Å². The highest BCUT2D eigenvalue weighted by Crippen LogP contribution is 2.62. The van der Waals surface area contributed by atoms with E-state index in [1.165, 1.54) is 0 Å². The van der Waals surface area contributed by atoms with Crippen LogP contribution in [0.1, 0.15) is 48.1 Å². The van der Waals surface area contributed by atoms with Crippen LogP contribution in [0.2, 0.25) is 5.02 Å². The number of rotatable bonds is 5. The van der Waals surface area contributed by atoms with E-state index in [1.807, 2.05) is 10.9 Å². The minimum absolute atomic E-state index is 0.0271. The van der Waals surface area contributed by atoms with Gasteiger partial charge in [-0.1, -0.05) is 18.5 Å². The molecule has 1 aromatic carbocycles. The first-order valence-corrected chi connectivity index (χ1v) is 9.49. The van der Waals surface area contributed by atoms with Gasteiger partial charge >= 0.3 is 0 Å². The lowest BCUT2D eigenvalue weighted by molar-refractivity contribution is 0.0926. The summed E-state index contributed by atoms with van der Waals surface area (Å²) in [4.78, 5) is 12.5. The first-order valence-electron chi connectivity index (χ1n) is 9.11. The Hall–Kier alpha value is -2.32. The van der Waals surface area contributed by atoms with Gasteiger partial charge in [-0.25, -0.2) is 0 Å². The second kappa shape index (κ2) is 6.77. The summed E-state index contributed by atoms with van der Waals surface area (Å²) in [6, 6.07) is 9.73. The molecule has 26 heavy (non-hydrogen) atoms. The van der Waals surface area contributed by atoms with Crippen LogP contribution in [0.25, 0.3) is 0 Å². The molecular formula is C20H21ClN4O. The Morgan fingerprint density at radius 3 is 2.65 bits per heavy atom. The fourth-order valence-corrected chi connectivity index (χ4v) is 4.72. The van der Waals surface area contributed by atoms with Crippen molar-refractivity contribution in [2.75, 3.05) is 0 Å². The van der Waals surface area contributed by atoms with E-state index in [2.05, 4.69) is 23.4 Å². The normalized spacial score (nSPS) is 27.4. The van der Waals surface area contributed by atoms with Crippen LogP contribution in [0.15, 0.2) is 36.7 Å². The minimum atomic E-state index is -0.0271. The van der Waals surface area contributed by atoms with E-state index < -0.39 is 0 Å². The first kappa shape index (κ1) is 17.1. The maximum absolute atomic E-state index is 12.5. The second-order valence-electron chi connectivity index (χ2n) is 7.35. The highest BCUT2D eigenvalue weighted by atomic mass is 35.5. The molecule has 0 aliphatic heterocycles. The van der Waals surface area contributed by atoms with Crippen LogP contribution in [0.3, 0.4) is 0 Å². The van der Waals surface area contributed by atoms with Crippen molar-refractivity contribution in [3.8, 4) is 6.07 Å². The van der Waals surface area contributed by atoms with Crippen molar-refractivity contribution in [2.45, 2.75) is 38.3 Å². The molecule has 5 atom stereocenters. The summed E-state index contributed by atoms with van der Waals surface area (Å²) in [7, 11) is 0. The summed E-state index contributed by atoms with van der Waals surface area (Å²) in [5.74, 6) is 1.81. The fourth-order valence-electron chi connectivity index (χ4n) is 4.59. The van der Waals surface area contributed by atoms with E-state index in [4.69, 9.17) is 16.9 Å². The molecule has 134 valence electrons. The summed E-state index contributed by atoms with van der Waals surface area (Å²) in [6.45, 7) is 2.13. The molecule has 6 heteroatoms. The molecule has 2 aromatic rings. The van der Waals surface area contributed by atoms with Crippen molar-refractivity contribution in [1.82, 2.24) is 15.1 Å². The molecule has 5 nitrogen and oxygen atoms in total. The molecule has 2 saturated carbocycles. The number of amides is 1. The van der Waals surface area contributed by atoms with Crippen molar-refractivity contribution in [2.24, 2.45) is 17.8 Å². The molecule has 0 radical (unpaired) electrons. The van der Waals surface area contributed by atoms with E-state index in [0.29, 0.717) is 39.9 Å². The van der Waals surface area contributed by atoms with Gasteiger partial charge in [-0.05, 0) is 61.3 Å². The lowest BCUT2D eigenvalue weighted by Gasteiger charge is -2.21. The van der Waals surface area contributed by atoms with E-state index in [9.17, 15) is 4.79 Å². The van der Waals surface area contributed by atoms with Gasteiger partial charge in [0.25, 0.3) is 5.91 Å². The van der Waals surface area contributed by atoms with Crippen molar-refractivity contribution in [3.05, 3.63) is 52.8 Å². The van der Waals surface area contributed by atoms with Crippen molar-refractivity contribution >= 4 is 17.5 Å². The van der Waals surface area contributed by atoms with Crippen LogP contribution >= 0.6 is 11.6 Å². The highest BCUT2D eigenvalue weighted by molar-refractivity contribution is 6.30. The Bertz CT molecular complexity index is 841. The standard InChI is InChI=1S/C20H21ClN4O/c1-2-18(24-20(26)13-3-5-14(21)6-4-13)19-16-7-15(8-17(16)19)25-11-12(9-22)10-23-25/h3-6,10-11,15-19H,2,7-8H2,1H3,(H,24,26)/t15-,16-,17+,18-,19+/m1/s1. The molecule has 1 heterocycles. The number of carbonyl (C=O) groups is 1. The summed E-state index contributed by atoms with van der Waals surface area (Å²) >= 11 is 5.89. The van der Waals surface area contributed by atoms with Crippen molar-refractivity contribution in [1.29, 1.82) is 5.26 Å². The molecule has 1 aromatic heterocycles. The van der Waals surface area contributed by atoms with Gasteiger partial charge in [0.2, 0.25) is 0 Å². The smallest absolute Gasteiger partial charge is 0.251 e. The zero-order chi connectivity index (χ0) is 18.3. The average molecular weight is 369 g/mol. The minimum Gasteiger partial charge on any atom is -0.349 e. The van der Waals surface area contributed by atoms with Gasteiger partial charge in [0.1, 0.15) is 6.07 Å². The number of aromatic nitrogens is 2. The van der Waals surface area contributed by atoms with Crippen LogP contribution in [0.4, 0.5) is 0 Å². The summed E-state index contributed by atoms with van der Waals surface area (Å²) in [5, 5.41) is 17.1. The zero-order valence-corrected chi connectivity index (χ0v) is 15.4. The molecule has 2 aliphatic rings. The number of nitriles is 1. The van der Waals surface area contributed by atoms with Gasteiger partial charge in [-0.3, -0.25) is 9.48 Å². The number of benzene rings is 1. The summed E-state index contributed by atoms with van der Waals surface area (Å²) in [5.41, 5.74) is 1.26. The molecule has 2 fully saturated rings. The third-order valence-electron chi connectivity index (χ3n) is 5.92. The lowest BCUT2D eigenvalue weighted by Crippen LogP contribution is -2.37. The molecule has 2 aliphatic carbocycles. The van der Waals surface area contributed by atoms with Crippen LogP contribution in [-0.4, -0.2) is 21.7 Å². The van der Waals surface area contributed by atoms with Crippen LogP contribution < -0.4 is 5.32 Å². The Morgan fingerprint density at radius 2 is 2.08 bits per heavy atom. The van der Waals surface area contributed by atoms with Gasteiger partial charge in [-0.15, -0.1) is 0 Å². The van der Waals surface area contributed by atoms with Gasteiger partial charge in [0.05, 0.1) is 17.8 Å². The number of carbonyl (C=O) groups excluding carboxylic acids is 1. The molecule has 0 bridgehead atoms. The highest BCUT2D eigenvalue weighted by Gasteiger charge is 2.59. The van der Waals surface area contributed by atoms with Gasteiger partial charge in [-0.2, -0.15) is 10.4 Å². The third kappa shape index (κ3) is 3.10. The largest absolute Gasteiger partial charge is 0.349 e. The van der Waals surface area contributed by atoms with Gasteiger partial charge < -0.3 is 5.32 Å². The monoisotopic (exact) mass is 368 g/mol. The summed E-state index contributed by atoms with van der Waals surface area (Å²) in [6.07, 6.45) is 6.55. The second-order valence-corrected chi connectivity index (χ2v) is 7.78. The summed E-state index contributed by atoms with van der Waals surface area (Å²) < 4.78 is 1.94. The molecule has 4 rings (SSSR count). The molecule has 1 N–H and O–H groups in total. The molecule has 0 unspecified atom stereocenters. The van der Waals surface area contributed by atoms with Crippen LogP contribution in [0, 0.1) is 29.1 Å². The predicted octanol–water partition coefficient (Wildman–Crippen LogP) is 3.81. The maximum atomic E-state index is 12.5. The predicted molar refractivity (Wildman–Crippen MR) is 98.7 cm³/mol. The average Bonchev–Trinajstić information content (AvgIpc) is 3.04. The van der Waals surface area contributed by atoms with Crippen molar-refractivity contribution in [3.63, 3.8) is 0 Å². The maximum Gasteiger partial charge on any atom is 0.251 e. The first-order chi connectivity index (χ1) is 12.6. The Kier molecular flexibility index (Phi) is 4.46. The Balaban J connectivity index is 1.36. The van der Waals surface area contributed by atoms with Crippen molar-refractivity contribution < 1.29 is 4.79 Å². The van der Waals surface area contributed by atoms with Crippen LogP contribution in [-0.2, 0) is 0 Å². The van der Waals surface area contributed by atoms with E-state index in [0.717, 1.165) is 19.3 Å². The third-order valence-corrected chi connectivity index (χ3v) is 6.17. The molecule has 0 spiro atoms. The zero-order valence-electron chi connectivity index (χ0n) is 14.6. The fraction of sp³-hybridized carbons (Fsp3) is 0.450. The van der Waals surface area contributed by atoms with E-state index in [-0.39, 0.29) is 11.9 Å². The number of fused-ring (bicyclic) bond motifs is 1. The van der Waals surface area contributed by atoms with Gasteiger partial charge in [0, 0.05) is 22.8 Å². The number of hydrogen-bond acceptors (Lipinski definition) is 3.